The molecule has 0 aliphatic heterocycles. The molecule has 2 aromatic carbocycles. The van der Waals surface area contributed by atoms with Crippen molar-refractivity contribution in [1.82, 2.24) is 10.2 Å². The first-order chi connectivity index (χ1) is 14.4. The summed E-state index contributed by atoms with van der Waals surface area (Å²) in [6.07, 6.45) is 2.35. The molecule has 0 saturated carbocycles. The molecule has 0 unspecified atom stereocenters. The van der Waals surface area contributed by atoms with Gasteiger partial charge in [-0.25, -0.2) is 0 Å². The van der Waals surface area contributed by atoms with Crippen LogP contribution in [-0.4, -0.2) is 35.1 Å². The van der Waals surface area contributed by atoms with Crippen molar-refractivity contribution in [2.45, 2.75) is 57.5 Å². The van der Waals surface area contributed by atoms with E-state index in [1.165, 1.54) is 5.56 Å². The second kappa shape index (κ2) is 12.8. The fraction of sp³-hybridized carbons (Fsp3) is 0.417. The smallest absolute Gasteiger partial charge is 0.242 e. The summed E-state index contributed by atoms with van der Waals surface area (Å²) in [6.45, 7) is 7.02. The van der Waals surface area contributed by atoms with Gasteiger partial charge in [-0.15, -0.1) is 11.8 Å². The van der Waals surface area contributed by atoms with Crippen molar-refractivity contribution in [3.8, 4) is 0 Å². The van der Waals surface area contributed by atoms with Gasteiger partial charge in [0.2, 0.25) is 11.8 Å². The number of carbonyl (C=O) groups excluding carboxylic acids is 2. The third-order valence-electron chi connectivity index (χ3n) is 4.87. The zero-order valence-corrected chi connectivity index (χ0v) is 20.4. The minimum absolute atomic E-state index is 0.00401. The number of nitrogens with zero attached hydrogens (tertiary/aromatic N) is 1. The number of halogens is 1. The van der Waals surface area contributed by atoms with Gasteiger partial charge in [0.15, 0.2) is 0 Å². The topological polar surface area (TPSA) is 49.4 Å². The monoisotopic (exact) mass is 490 g/mol. The van der Waals surface area contributed by atoms with E-state index >= 15 is 0 Å². The van der Waals surface area contributed by atoms with Crippen molar-refractivity contribution >= 4 is 39.5 Å². The first-order valence-corrected chi connectivity index (χ1v) is 12.2. The summed E-state index contributed by atoms with van der Waals surface area (Å²) < 4.78 is 0.990. The van der Waals surface area contributed by atoms with Crippen LogP contribution in [-0.2, 0) is 16.1 Å². The molecule has 162 valence electrons. The third kappa shape index (κ3) is 8.15. The molecular weight excluding hydrogens is 460 g/mol. The number of unbranched alkanes of at least 4 members (excludes halogenated alkanes) is 1. The average molecular weight is 491 g/mol. The number of carbonyl (C=O) groups is 2. The van der Waals surface area contributed by atoms with Crippen molar-refractivity contribution in [3.63, 3.8) is 0 Å². The van der Waals surface area contributed by atoms with Crippen molar-refractivity contribution in [1.29, 1.82) is 0 Å². The Labute approximate surface area is 192 Å². The minimum atomic E-state index is -0.512. The Balaban J connectivity index is 2.02. The lowest BCUT2D eigenvalue weighted by atomic mass is 10.1. The van der Waals surface area contributed by atoms with Gasteiger partial charge >= 0.3 is 0 Å². The van der Waals surface area contributed by atoms with Crippen LogP contribution in [0.5, 0.6) is 0 Å². The van der Waals surface area contributed by atoms with Gasteiger partial charge in [0, 0.05) is 34.6 Å². The third-order valence-corrected chi connectivity index (χ3v) is 6.41. The molecule has 0 aliphatic carbocycles. The van der Waals surface area contributed by atoms with Crippen LogP contribution in [0.25, 0.3) is 0 Å². The van der Waals surface area contributed by atoms with Crippen molar-refractivity contribution in [2.75, 3.05) is 12.3 Å². The van der Waals surface area contributed by atoms with E-state index < -0.39 is 6.04 Å². The second-order valence-electron chi connectivity index (χ2n) is 7.38. The highest BCUT2D eigenvalue weighted by atomic mass is 79.9. The standard InChI is InChI=1S/C24H31BrN2O2S/c1-4-5-15-26-24(29)19(3)27(17-20-8-10-21(25)11-9-20)23(28)14-16-30-22-12-6-18(2)7-13-22/h6-13,19H,4-5,14-17H2,1-3H3,(H,26,29)/t19-/m1/s1. The van der Waals surface area contributed by atoms with Crippen LogP contribution in [0.15, 0.2) is 57.9 Å². The molecule has 0 saturated heterocycles. The molecule has 0 aliphatic rings. The van der Waals surface area contributed by atoms with Crippen molar-refractivity contribution in [2.24, 2.45) is 0 Å². The summed E-state index contributed by atoms with van der Waals surface area (Å²) in [4.78, 5) is 28.5. The number of aryl methyl sites for hydroxylation is 1. The summed E-state index contributed by atoms with van der Waals surface area (Å²) in [6, 6.07) is 15.7. The summed E-state index contributed by atoms with van der Waals surface area (Å²) in [5.41, 5.74) is 2.23. The second-order valence-corrected chi connectivity index (χ2v) is 9.46. The quantitative estimate of drug-likeness (QED) is 0.330. The molecule has 0 bridgehead atoms. The highest BCUT2D eigenvalue weighted by Gasteiger charge is 2.25. The molecule has 2 aromatic rings. The van der Waals surface area contributed by atoms with Gasteiger partial charge in [-0.2, -0.15) is 0 Å². The Morgan fingerprint density at radius 1 is 1.10 bits per heavy atom. The minimum Gasteiger partial charge on any atom is -0.354 e. The van der Waals surface area contributed by atoms with E-state index in [-0.39, 0.29) is 11.8 Å². The Kier molecular flexibility index (Phi) is 10.4. The number of hydrogen-bond acceptors (Lipinski definition) is 3. The van der Waals surface area contributed by atoms with Crippen LogP contribution in [0.2, 0.25) is 0 Å². The van der Waals surface area contributed by atoms with Gasteiger partial charge in [-0.1, -0.05) is 59.1 Å². The molecule has 2 rings (SSSR count). The summed E-state index contributed by atoms with van der Waals surface area (Å²) in [7, 11) is 0. The number of thioether (sulfide) groups is 1. The van der Waals surface area contributed by atoms with Crippen LogP contribution in [0.4, 0.5) is 0 Å². The fourth-order valence-electron chi connectivity index (χ4n) is 2.94. The van der Waals surface area contributed by atoms with E-state index in [0.29, 0.717) is 25.3 Å². The molecule has 1 atom stereocenters. The Morgan fingerprint density at radius 2 is 1.77 bits per heavy atom. The molecule has 2 amide bonds. The molecule has 30 heavy (non-hydrogen) atoms. The van der Waals surface area contributed by atoms with E-state index in [2.05, 4.69) is 59.4 Å². The van der Waals surface area contributed by atoms with Gasteiger partial charge in [0.1, 0.15) is 6.04 Å². The zero-order chi connectivity index (χ0) is 21.9. The normalized spacial score (nSPS) is 11.7. The van der Waals surface area contributed by atoms with E-state index in [0.717, 1.165) is 27.8 Å². The molecule has 0 fully saturated rings. The lowest BCUT2D eigenvalue weighted by Gasteiger charge is -2.29. The predicted molar refractivity (Wildman–Crippen MR) is 129 cm³/mol. The van der Waals surface area contributed by atoms with Crippen LogP contribution >= 0.6 is 27.7 Å². The number of nitrogens with one attached hydrogen (secondary N) is 1. The molecule has 0 heterocycles. The molecular formula is C24H31BrN2O2S. The maximum atomic E-state index is 13.1. The summed E-state index contributed by atoms with van der Waals surface area (Å²) in [5, 5.41) is 2.96. The molecule has 1 N–H and O–H groups in total. The lowest BCUT2D eigenvalue weighted by molar-refractivity contribution is -0.140. The molecule has 0 aromatic heterocycles. The van der Waals surface area contributed by atoms with Crippen molar-refractivity contribution < 1.29 is 9.59 Å². The first-order valence-electron chi connectivity index (χ1n) is 10.4. The SMILES string of the molecule is CCCCNC(=O)[C@@H](C)N(Cc1ccc(Br)cc1)C(=O)CCSc1ccc(C)cc1. The number of benzene rings is 2. The van der Waals surface area contributed by atoms with Crippen molar-refractivity contribution in [3.05, 3.63) is 64.1 Å². The first kappa shape index (κ1) is 24.5. The predicted octanol–water partition coefficient (Wildman–Crippen LogP) is 5.57. The van der Waals surface area contributed by atoms with Crippen LogP contribution < -0.4 is 5.32 Å². The maximum Gasteiger partial charge on any atom is 0.242 e. The fourth-order valence-corrected chi connectivity index (χ4v) is 4.04. The number of rotatable bonds is 11. The Hall–Kier alpha value is -1.79. The molecule has 0 spiro atoms. The molecule has 0 radical (unpaired) electrons. The Bertz CT molecular complexity index is 809. The highest BCUT2D eigenvalue weighted by molar-refractivity contribution is 9.10. The van der Waals surface area contributed by atoms with Gasteiger partial charge < -0.3 is 10.2 Å². The zero-order valence-electron chi connectivity index (χ0n) is 18.0. The van der Waals surface area contributed by atoms with E-state index in [1.54, 1.807) is 16.7 Å². The average Bonchev–Trinajstić information content (AvgIpc) is 2.74. The van der Waals surface area contributed by atoms with Gasteiger partial charge in [0.25, 0.3) is 0 Å². The van der Waals surface area contributed by atoms with Crippen LogP contribution in [0.1, 0.15) is 44.2 Å². The van der Waals surface area contributed by atoms with Gasteiger partial charge in [0.05, 0.1) is 0 Å². The largest absolute Gasteiger partial charge is 0.354 e. The van der Waals surface area contributed by atoms with Crippen LogP contribution in [0, 0.1) is 6.92 Å². The number of amides is 2. The molecule has 4 nitrogen and oxygen atoms in total. The number of hydrogen-bond donors (Lipinski definition) is 1. The summed E-state index contributed by atoms with van der Waals surface area (Å²) >= 11 is 5.11. The van der Waals surface area contributed by atoms with Gasteiger partial charge in [-0.05, 0) is 50.1 Å². The van der Waals surface area contributed by atoms with E-state index in [9.17, 15) is 9.59 Å². The van der Waals surface area contributed by atoms with Crippen LogP contribution in [0.3, 0.4) is 0 Å². The van der Waals surface area contributed by atoms with E-state index in [1.807, 2.05) is 31.2 Å². The van der Waals surface area contributed by atoms with E-state index in [4.69, 9.17) is 0 Å². The van der Waals surface area contributed by atoms with Gasteiger partial charge in [-0.3, -0.25) is 9.59 Å². The maximum absolute atomic E-state index is 13.1. The lowest BCUT2D eigenvalue weighted by Crippen LogP contribution is -2.47. The molecule has 6 heteroatoms. The summed E-state index contributed by atoms with van der Waals surface area (Å²) in [5.74, 6) is 0.582. The Morgan fingerprint density at radius 3 is 2.40 bits per heavy atom. The highest BCUT2D eigenvalue weighted by Crippen LogP contribution is 2.21.